The van der Waals surface area contributed by atoms with Gasteiger partial charge in [0.15, 0.2) is 6.10 Å². The van der Waals surface area contributed by atoms with Gasteiger partial charge in [0.1, 0.15) is 0 Å². The van der Waals surface area contributed by atoms with Crippen LogP contribution < -0.4 is 0 Å². The number of ether oxygens (including phenoxy) is 1. The summed E-state index contributed by atoms with van der Waals surface area (Å²) in [6.07, 6.45) is -0.244. The zero-order valence-corrected chi connectivity index (χ0v) is 5.49. The van der Waals surface area contributed by atoms with Crippen LogP contribution in [0.25, 0.3) is 0 Å². The SMILES string of the molecule is O=C(O)[C@H]1CC[C@H](O)CO1. The maximum absolute atomic E-state index is 10.3. The lowest BCUT2D eigenvalue weighted by atomic mass is 10.1. The largest absolute Gasteiger partial charge is 0.479 e. The Morgan fingerprint density at radius 3 is 2.60 bits per heavy atom. The summed E-state index contributed by atoms with van der Waals surface area (Å²) in [5, 5.41) is 17.3. The molecule has 1 rings (SSSR count). The molecule has 0 aromatic carbocycles. The highest BCUT2D eigenvalue weighted by molar-refractivity contribution is 5.72. The average Bonchev–Trinajstić information content (AvgIpc) is 1.88. The number of hydrogen-bond acceptors (Lipinski definition) is 3. The van der Waals surface area contributed by atoms with E-state index in [1.165, 1.54) is 0 Å². The lowest BCUT2D eigenvalue weighted by Crippen LogP contribution is -2.34. The van der Waals surface area contributed by atoms with Crippen molar-refractivity contribution in [2.75, 3.05) is 6.61 Å². The molecule has 0 spiro atoms. The van der Waals surface area contributed by atoms with Gasteiger partial charge in [-0.25, -0.2) is 4.79 Å². The van der Waals surface area contributed by atoms with Crippen LogP contribution in [0.4, 0.5) is 0 Å². The third kappa shape index (κ3) is 1.68. The number of rotatable bonds is 1. The van der Waals surface area contributed by atoms with Gasteiger partial charge in [-0.05, 0) is 12.8 Å². The maximum atomic E-state index is 10.3. The molecule has 58 valence electrons. The van der Waals surface area contributed by atoms with Crippen LogP contribution in [0, 0.1) is 0 Å². The fourth-order valence-electron chi connectivity index (χ4n) is 0.932. The van der Waals surface area contributed by atoms with Crippen molar-refractivity contribution in [1.82, 2.24) is 0 Å². The molecule has 2 atom stereocenters. The van der Waals surface area contributed by atoms with Crippen molar-refractivity contribution in [2.45, 2.75) is 25.0 Å². The Morgan fingerprint density at radius 2 is 2.20 bits per heavy atom. The van der Waals surface area contributed by atoms with E-state index in [4.69, 9.17) is 14.9 Å². The number of carboxylic acids is 1. The van der Waals surface area contributed by atoms with Gasteiger partial charge in [-0.1, -0.05) is 0 Å². The van der Waals surface area contributed by atoms with Crippen LogP contribution in [0.3, 0.4) is 0 Å². The number of aliphatic hydroxyl groups is 1. The van der Waals surface area contributed by atoms with Crippen LogP contribution in [0.1, 0.15) is 12.8 Å². The predicted octanol–water partition coefficient (Wildman–Crippen LogP) is -0.389. The smallest absolute Gasteiger partial charge is 0.332 e. The summed E-state index contributed by atoms with van der Waals surface area (Å²) in [5.74, 6) is -0.938. The first kappa shape index (κ1) is 7.50. The highest BCUT2D eigenvalue weighted by atomic mass is 16.5. The summed E-state index contributed by atoms with van der Waals surface area (Å²) in [6, 6.07) is 0. The van der Waals surface area contributed by atoms with Gasteiger partial charge >= 0.3 is 5.97 Å². The Morgan fingerprint density at radius 1 is 1.50 bits per heavy atom. The highest BCUT2D eigenvalue weighted by Gasteiger charge is 2.24. The standard InChI is InChI=1S/C6H10O4/c7-4-1-2-5(6(8)9)10-3-4/h4-5,7H,1-3H2,(H,8,9)/t4-,5+/m0/s1. The zero-order valence-electron chi connectivity index (χ0n) is 5.49. The Balaban J connectivity index is 2.33. The van der Waals surface area contributed by atoms with E-state index < -0.39 is 18.2 Å². The van der Waals surface area contributed by atoms with Gasteiger partial charge in [-0.3, -0.25) is 0 Å². The number of aliphatic carboxylic acids is 1. The molecule has 0 unspecified atom stereocenters. The molecule has 1 aliphatic rings. The van der Waals surface area contributed by atoms with Gasteiger partial charge < -0.3 is 14.9 Å². The zero-order chi connectivity index (χ0) is 7.56. The molecule has 4 heteroatoms. The molecule has 1 saturated heterocycles. The lowest BCUT2D eigenvalue weighted by molar-refractivity contribution is -0.157. The van der Waals surface area contributed by atoms with E-state index >= 15 is 0 Å². The Bertz CT molecular complexity index is 126. The summed E-state index contributed by atoms with van der Waals surface area (Å²) in [4.78, 5) is 10.3. The van der Waals surface area contributed by atoms with Crippen molar-refractivity contribution < 1.29 is 19.7 Å². The third-order valence-corrected chi connectivity index (χ3v) is 1.53. The van der Waals surface area contributed by atoms with E-state index in [-0.39, 0.29) is 6.61 Å². The van der Waals surface area contributed by atoms with Gasteiger partial charge in [-0.2, -0.15) is 0 Å². The minimum absolute atomic E-state index is 0.150. The summed E-state index contributed by atoms with van der Waals surface area (Å²) < 4.78 is 4.80. The Hall–Kier alpha value is -0.610. The summed E-state index contributed by atoms with van der Waals surface area (Å²) in [5.41, 5.74) is 0. The van der Waals surface area contributed by atoms with Crippen molar-refractivity contribution in [3.05, 3.63) is 0 Å². The first-order chi connectivity index (χ1) is 4.70. The molecular formula is C6H10O4. The molecule has 4 nitrogen and oxygen atoms in total. The minimum Gasteiger partial charge on any atom is -0.479 e. The molecule has 0 bridgehead atoms. The quantitative estimate of drug-likeness (QED) is 0.528. The molecule has 0 aromatic rings. The van der Waals surface area contributed by atoms with Gasteiger partial charge in [0.2, 0.25) is 0 Å². The second kappa shape index (κ2) is 2.98. The molecule has 0 saturated carbocycles. The van der Waals surface area contributed by atoms with Crippen LogP contribution in [0.15, 0.2) is 0 Å². The summed E-state index contributed by atoms with van der Waals surface area (Å²) >= 11 is 0. The van der Waals surface area contributed by atoms with E-state index in [9.17, 15) is 4.79 Å². The monoisotopic (exact) mass is 146 g/mol. The van der Waals surface area contributed by atoms with Gasteiger partial charge in [0, 0.05) is 0 Å². The van der Waals surface area contributed by atoms with Gasteiger partial charge in [0.05, 0.1) is 12.7 Å². The Labute approximate surface area is 58.4 Å². The average molecular weight is 146 g/mol. The molecular weight excluding hydrogens is 136 g/mol. The van der Waals surface area contributed by atoms with Crippen molar-refractivity contribution in [3.8, 4) is 0 Å². The van der Waals surface area contributed by atoms with Crippen LogP contribution in [-0.4, -0.2) is 35.0 Å². The molecule has 1 heterocycles. The van der Waals surface area contributed by atoms with E-state index in [2.05, 4.69) is 0 Å². The van der Waals surface area contributed by atoms with Crippen LogP contribution in [0.2, 0.25) is 0 Å². The summed E-state index contributed by atoms with van der Waals surface area (Å²) in [6.45, 7) is 0.150. The first-order valence-corrected chi connectivity index (χ1v) is 3.22. The Kier molecular flexibility index (Phi) is 2.24. The summed E-state index contributed by atoms with van der Waals surface area (Å²) in [7, 11) is 0. The number of hydrogen-bond donors (Lipinski definition) is 2. The lowest BCUT2D eigenvalue weighted by Gasteiger charge is -2.22. The second-order valence-corrected chi connectivity index (χ2v) is 2.39. The van der Waals surface area contributed by atoms with Gasteiger partial charge in [-0.15, -0.1) is 0 Å². The van der Waals surface area contributed by atoms with Crippen LogP contribution in [-0.2, 0) is 9.53 Å². The van der Waals surface area contributed by atoms with E-state index in [1.807, 2.05) is 0 Å². The molecule has 10 heavy (non-hydrogen) atoms. The van der Waals surface area contributed by atoms with Gasteiger partial charge in [0.25, 0.3) is 0 Å². The topological polar surface area (TPSA) is 66.8 Å². The molecule has 0 radical (unpaired) electrons. The molecule has 1 fully saturated rings. The van der Waals surface area contributed by atoms with E-state index in [1.54, 1.807) is 0 Å². The van der Waals surface area contributed by atoms with Crippen molar-refractivity contribution in [1.29, 1.82) is 0 Å². The van der Waals surface area contributed by atoms with E-state index in [0.717, 1.165) is 0 Å². The maximum Gasteiger partial charge on any atom is 0.332 e. The fraction of sp³-hybridized carbons (Fsp3) is 0.833. The van der Waals surface area contributed by atoms with Crippen molar-refractivity contribution in [2.24, 2.45) is 0 Å². The number of carbonyl (C=O) groups is 1. The minimum atomic E-state index is -0.938. The molecule has 2 N–H and O–H groups in total. The second-order valence-electron chi connectivity index (χ2n) is 2.39. The number of aliphatic hydroxyl groups excluding tert-OH is 1. The number of carboxylic acid groups (broad SMARTS) is 1. The highest BCUT2D eigenvalue weighted by Crippen LogP contribution is 2.12. The fourth-order valence-corrected chi connectivity index (χ4v) is 0.932. The van der Waals surface area contributed by atoms with Crippen LogP contribution >= 0.6 is 0 Å². The van der Waals surface area contributed by atoms with Crippen molar-refractivity contribution in [3.63, 3.8) is 0 Å². The molecule has 0 aromatic heterocycles. The van der Waals surface area contributed by atoms with Crippen LogP contribution in [0.5, 0.6) is 0 Å². The van der Waals surface area contributed by atoms with E-state index in [0.29, 0.717) is 12.8 Å². The molecule has 0 aliphatic carbocycles. The predicted molar refractivity (Wildman–Crippen MR) is 32.6 cm³/mol. The first-order valence-electron chi connectivity index (χ1n) is 3.22. The van der Waals surface area contributed by atoms with Crippen molar-refractivity contribution >= 4 is 5.97 Å². The normalized spacial score (nSPS) is 33.7. The third-order valence-electron chi connectivity index (χ3n) is 1.53. The molecule has 1 aliphatic heterocycles. The molecule has 0 amide bonds.